The summed E-state index contributed by atoms with van der Waals surface area (Å²) in [4.78, 5) is 26.2. The van der Waals surface area contributed by atoms with Crippen LogP contribution < -0.4 is 14.8 Å². The summed E-state index contributed by atoms with van der Waals surface area (Å²) < 4.78 is 15.8. The monoisotopic (exact) mass is 376 g/mol. The normalized spacial score (nSPS) is 12.7. The molecule has 0 unspecified atom stereocenters. The fourth-order valence-corrected chi connectivity index (χ4v) is 3.41. The number of nitrogens with one attached hydrogen (secondary N) is 1. The highest BCUT2D eigenvalue weighted by molar-refractivity contribution is 7.12. The predicted octanol–water partition coefficient (Wildman–Crippen LogP) is 2.38. The molecule has 7 nitrogen and oxygen atoms in total. The molecule has 0 radical (unpaired) electrons. The zero-order valence-electron chi connectivity index (χ0n) is 14.6. The molecule has 1 aromatic heterocycles. The number of amides is 1. The highest BCUT2D eigenvalue weighted by Gasteiger charge is 2.17. The Hall–Kier alpha value is -2.58. The van der Waals surface area contributed by atoms with Crippen LogP contribution in [-0.2, 0) is 16.1 Å². The van der Waals surface area contributed by atoms with Gasteiger partial charge in [0.05, 0.1) is 19.3 Å². The molecule has 1 aromatic carbocycles. The molecule has 1 amide bonds. The standard InChI is InChI=1S/C18H20N2O5S/c1-20(10-12-3-4-14-15(9-12)25-7-6-24-14)11-16(21)19-13-5-8-26-17(13)18(22)23-2/h3-5,8-9H,6-7,10-11H2,1-2H3,(H,19,21). The van der Waals surface area contributed by atoms with Crippen molar-refractivity contribution in [2.45, 2.75) is 6.54 Å². The molecule has 0 aliphatic carbocycles. The Morgan fingerprint density at radius 1 is 1.23 bits per heavy atom. The van der Waals surface area contributed by atoms with Gasteiger partial charge in [0.15, 0.2) is 11.5 Å². The Bertz CT molecular complexity index is 805. The van der Waals surface area contributed by atoms with Crippen molar-refractivity contribution in [1.82, 2.24) is 4.90 Å². The van der Waals surface area contributed by atoms with E-state index in [-0.39, 0.29) is 12.5 Å². The van der Waals surface area contributed by atoms with E-state index in [1.165, 1.54) is 18.4 Å². The first-order valence-electron chi connectivity index (χ1n) is 8.09. The molecule has 8 heteroatoms. The highest BCUT2D eigenvalue weighted by Crippen LogP contribution is 2.31. The number of fused-ring (bicyclic) bond motifs is 1. The molecular weight excluding hydrogens is 356 g/mol. The molecule has 0 saturated heterocycles. The van der Waals surface area contributed by atoms with Gasteiger partial charge in [-0.15, -0.1) is 11.3 Å². The number of hydrogen-bond acceptors (Lipinski definition) is 7. The lowest BCUT2D eigenvalue weighted by molar-refractivity contribution is -0.117. The molecule has 0 fully saturated rings. The second-order valence-electron chi connectivity index (χ2n) is 5.85. The average Bonchev–Trinajstić information content (AvgIpc) is 3.08. The molecule has 0 spiro atoms. The fourth-order valence-electron chi connectivity index (χ4n) is 2.65. The van der Waals surface area contributed by atoms with E-state index in [0.29, 0.717) is 30.3 Å². The SMILES string of the molecule is COC(=O)c1sccc1NC(=O)CN(C)Cc1ccc2c(c1)OCCO2. The first-order chi connectivity index (χ1) is 12.6. The number of hydrogen-bond donors (Lipinski definition) is 1. The summed E-state index contributed by atoms with van der Waals surface area (Å²) in [6.07, 6.45) is 0. The van der Waals surface area contributed by atoms with Gasteiger partial charge in [-0.05, 0) is 36.2 Å². The number of esters is 1. The molecule has 2 heterocycles. The summed E-state index contributed by atoms with van der Waals surface area (Å²) in [5.41, 5.74) is 1.50. The van der Waals surface area contributed by atoms with E-state index in [1.807, 2.05) is 30.1 Å². The number of thiophene rings is 1. The lowest BCUT2D eigenvalue weighted by Crippen LogP contribution is -2.30. The number of carbonyl (C=O) groups excluding carboxylic acids is 2. The summed E-state index contributed by atoms with van der Waals surface area (Å²) >= 11 is 1.23. The third-order valence-corrected chi connectivity index (χ3v) is 4.68. The van der Waals surface area contributed by atoms with Gasteiger partial charge in [-0.25, -0.2) is 4.79 Å². The number of anilines is 1. The highest BCUT2D eigenvalue weighted by atomic mass is 32.1. The maximum absolute atomic E-state index is 12.3. The van der Waals surface area contributed by atoms with Gasteiger partial charge in [-0.2, -0.15) is 0 Å². The van der Waals surface area contributed by atoms with Gasteiger partial charge in [0, 0.05) is 6.54 Å². The van der Waals surface area contributed by atoms with Crippen molar-refractivity contribution in [3.8, 4) is 11.5 Å². The summed E-state index contributed by atoms with van der Waals surface area (Å²) in [5.74, 6) is 0.814. The van der Waals surface area contributed by atoms with Crippen LogP contribution in [0, 0.1) is 0 Å². The van der Waals surface area contributed by atoms with E-state index in [0.717, 1.165) is 17.1 Å². The van der Waals surface area contributed by atoms with Crippen LogP contribution in [0.15, 0.2) is 29.6 Å². The van der Waals surface area contributed by atoms with Gasteiger partial charge >= 0.3 is 5.97 Å². The molecule has 2 aromatic rings. The molecule has 0 saturated carbocycles. The van der Waals surface area contributed by atoms with E-state index in [4.69, 9.17) is 14.2 Å². The number of likely N-dealkylation sites (N-methyl/N-ethyl adjacent to an activating group) is 1. The third kappa shape index (κ3) is 4.33. The van der Waals surface area contributed by atoms with Gasteiger partial charge in [-0.3, -0.25) is 9.69 Å². The van der Waals surface area contributed by atoms with Crippen LogP contribution in [0.25, 0.3) is 0 Å². The largest absolute Gasteiger partial charge is 0.486 e. The minimum absolute atomic E-state index is 0.185. The summed E-state index contributed by atoms with van der Waals surface area (Å²) in [5, 5.41) is 4.49. The summed E-state index contributed by atoms with van der Waals surface area (Å²) in [6.45, 7) is 1.86. The van der Waals surface area contributed by atoms with Crippen molar-refractivity contribution in [2.75, 3.05) is 39.2 Å². The Labute approximate surface area is 155 Å². The van der Waals surface area contributed by atoms with Gasteiger partial charge in [-0.1, -0.05) is 6.07 Å². The lowest BCUT2D eigenvalue weighted by Gasteiger charge is -2.21. The van der Waals surface area contributed by atoms with Gasteiger partial charge in [0.1, 0.15) is 18.1 Å². The minimum atomic E-state index is -0.458. The third-order valence-electron chi connectivity index (χ3n) is 3.78. The second-order valence-corrected chi connectivity index (χ2v) is 6.77. The Morgan fingerprint density at radius 2 is 2.00 bits per heavy atom. The van der Waals surface area contributed by atoms with Crippen molar-refractivity contribution in [2.24, 2.45) is 0 Å². The first-order valence-corrected chi connectivity index (χ1v) is 8.97. The number of rotatable bonds is 6. The topological polar surface area (TPSA) is 77.1 Å². The van der Waals surface area contributed by atoms with E-state index < -0.39 is 5.97 Å². The first kappa shape index (κ1) is 18.2. The van der Waals surface area contributed by atoms with Crippen LogP contribution in [-0.4, -0.2) is 50.7 Å². The molecule has 1 aliphatic rings. The molecule has 0 atom stereocenters. The number of carbonyl (C=O) groups is 2. The van der Waals surface area contributed by atoms with E-state index in [9.17, 15) is 9.59 Å². The minimum Gasteiger partial charge on any atom is -0.486 e. The average molecular weight is 376 g/mol. The van der Waals surface area contributed by atoms with Crippen LogP contribution in [0.5, 0.6) is 11.5 Å². The summed E-state index contributed by atoms with van der Waals surface area (Å²) in [6, 6.07) is 7.45. The molecular formula is C18H20N2O5S. The number of ether oxygens (including phenoxy) is 3. The number of methoxy groups -OCH3 is 1. The molecule has 3 rings (SSSR count). The van der Waals surface area contributed by atoms with Crippen LogP contribution >= 0.6 is 11.3 Å². The van der Waals surface area contributed by atoms with Gasteiger partial charge < -0.3 is 19.5 Å². The van der Waals surface area contributed by atoms with Gasteiger partial charge in [0.25, 0.3) is 0 Å². The van der Waals surface area contributed by atoms with Crippen molar-refractivity contribution in [1.29, 1.82) is 0 Å². The smallest absolute Gasteiger partial charge is 0.350 e. The molecule has 1 aliphatic heterocycles. The number of benzene rings is 1. The predicted molar refractivity (Wildman–Crippen MR) is 98.1 cm³/mol. The maximum atomic E-state index is 12.3. The number of nitrogens with zero attached hydrogens (tertiary/aromatic N) is 1. The van der Waals surface area contributed by atoms with Crippen molar-refractivity contribution in [3.05, 3.63) is 40.1 Å². The van der Waals surface area contributed by atoms with E-state index in [1.54, 1.807) is 11.4 Å². The van der Waals surface area contributed by atoms with Crippen molar-refractivity contribution < 1.29 is 23.8 Å². The molecule has 1 N–H and O–H groups in total. The van der Waals surface area contributed by atoms with E-state index in [2.05, 4.69) is 5.32 Å². The lowest BCUT2D eigenvalue weighted by atomic mass is 10.2. The van der Waals surface area contributed by atoms with Gasteiger partial charge in [0.2, 0.25) is 5.91 Å². The van der Waals surface area contributed by atoms with Crippen LogP contribution in [0.1, 0.15) is 15.2 Å². The van der Waals surface area contributed by atoms with E-state index >= 15 is 0 Å². The van der Waals surface area contributed by atoms with Crippen LogP contribution in [0.3, 0.4) is 0 Å². The Kier molecular flexibility index (Phi) is 5.75. The maximum Gasteiger partial charge on any atom is 0.350 e. The fraction of sp³-hybridized carbons (Fsp3) is 0.333. The zero-order chi connectivity index (χ0) is 18.5. The van der Waals surface area contributed by atoms with Crippen LogP contribution in [0.4, 0.5) is 5.69 Å². The molecule has 26 heavy (non-hydrogen) atoms. The van der Waals surface area contributed by atoms with Crippen molar-refractivity contribution >= 4 is 28.9 Å². The summed E-state index contributed by atoms with van der Waals surface area (Å²) in [7, 11) is 3.17. The molecule has 138 valence electrons. The molecule has 0 bridgehead atoms. The Morgan fingerprint density at radius 3 is 2.77 bits per heavy atom. The zero-order valence-corrected chi connectivity index (χ0v) is 15.4. The quantitative estimate of drug-likeness (QED) is 0.780. The van der Waals surface area contributed by atoms with Crippen molar-refractivity contribution in [3.63, 3.8) is 0 Å². The Balaban J connectivity index is 1.56. The second kappa shape index (κ2) is 8.20. The van der Waals surface area contributed by atoms with Crippen LogP contribution in [0.2, 0.25) is 0 Å².